The largest absolute Gasteiger partial charge is 0.383 e. The molecule has 0 amide bonds. The van der Waals surface area contributed by atoms with Crippen LogP contribution in [0, 0.1) is 11.3 Å². The van der Waals surface area contributed by atoms with Gasteiger partial charge in [-0.3, -0.25) is 0 Å². The molecular weight excluding hydrogens is 170 g/mol. The molecule has 0 bridgehead atoms. The van der Waals surface area contributed by atoms with Gasteiger partial charge in [0, 0.05) is 20.2 Å². The number of nitriles is 1. The van der Waals surface area contributed by atoms with Crippen LogP contribution in [-0.2, 0) is 4.74 Å². The quantitative estimate of drug-likeness (QED) is 0.248. The topological polar surface area (TPSA) is 101 Å². The summed E-state index contributed by atoms with van der Waals surface area (Å²) in [5.41, 5.74) is 5.48. The van der Waals surface area contributed by atoms with E-state index in [4.69, 9.17) is 21.6 Å². The van der Waals surface area contributed by atoms with Crippen molar-refractivity contribution >= 4 is 5.96 Å². The highest BCUT2D eigenvalue weighted by atomic mass is 16.5. The maximum atomic E-state index is 8.38. The highest BCUT2D eigenvalue weighted by Crippen LogP contribution is 1.90. The first-order chi connectivity index (χ1) is 6.26. The van der Waals surface area contributed by atoms with Crippen molar-refractivity contribution in [1.82, 2.24) is 4.90 Å². The predicted octanol–water partition coefficient (Wildman–Crippen LogP) is -0.963. The van der Waals surface area contributed by atoms with Gasteiger partial charge in [-0.05, 0) is 0 Å². The number of nitrogens with two attached hydrogens (primary N) is 2. The van der Waals surface area contributed by atoms with Gasteiger partial charge in [0.15, 0.2) is 0 Å². The number of hydrogen-bond acceptors (Lipinski definition) is 4. The molecule has 0 radical (unpaired) electrons. The van der Waals surface area contributed by atoms with Crippen LogP contribution >= 0.6 is 0 Å². The van der Waals surface area contributed by atoms with Crippen molar-refractivity contribution in [1.29, 1.82) is 5.26 Å². The standard InChI is InChI=1S/C7H15N5O/c1-13-6-5-12(4-2-3-8)7(9)11-10/h2,4-6,10H2,1H3,(H2,9,11). The molecule has 6 nitrogen and oxygen atoms in total. The van der Waals surface area contributed by atoms with Crippen LogP contribution in [0.2, 0.25) is 0 Å². The molecule has 0 aliphatic carbocycles. The minimum absolute atomic E-state index is 0.229. The van der Waals surface area contributed by atoms with Gasteiger partial charge < -0.3 is 21.2 Å². The molecule has 0 aromatic heterocycles. The first-order valence-electron chi connectivity index (χ1n) is 3.90. The molecule has 0 aliphatic heterocycles. The average molecular weight is 185 g/mol. The summed E-state index contributed by atoms with van der Waals surface area (Å²) in [5, 5.41) is 11.7. The second-order valence-electron chi connectivity index (χ2n) is 2.38. The zero-order chi connectivity index (χ0) is 10.1. The Morgan fingerprint density at radius 1 is 1.62 bits per heavy atom. The Labute approximate surface area is 77.7 Å². The monoisotopic (exact) mass is 185 g/mol. The van der Waals surface area contributed by atoms with E-state index < -0.39 is 0 Å². The highest BCUT2D eigenvalue weighted by Gasteiger charge is 2.05. The number of nitrogens with zero attached hydrogens (tertiary/aromatic N) is 3. The zero-order valence-electron chi connectivity index (χ0n) is 7.73. The number of hydrazone groups is 1. The van der Waals surface area contributed by atoms with Gasteiger partial charge >= 0.3 is 0 Å². The molecule has 0 saturated heterocycles. The third-order valence-electron chi connectivity index (χ3n) is 1.52. The fourth-order valence-corrected chi connectivity index (χ4v) is 0.809. The van der Waals surface area contributed by atoms with Crippen LogP contribution in [0.3, 0.4) is 0 Å². The molecule has 0 fully saturated rings. The van der Waals surface area contributed by atoms with Gasteiger partial charge in [0.1, 0.15) is 0 Å². The van der Waals surface area contributed by atoms with Crippen molar-refractivity contribution in [2.24, 2.45) is 16.7 Å². The number of rotatable bonds is 5. The van der Waals surface area contributed by atoms with Crippen LogP contribution in [-0.4, -0.2) is 37.7 Å². The average Bonchev–Trinajstić information content (AvgIpc) is 2.17. The van der Waals surface area contributed by atoms with E-state index in [2.05, 4.69) is 5.10 Å². The second kappa shape index (κ2) is 7.18. The normalized spacial score (nSPS) is 10.9. The number of ether oxygens (including phenoxy) is 1. The first-order valence-corrected chi connectivity index (χ1v) is 3.90. The lowest BCUT2D eigenvalue weighted by Crippen LogP contribution is -2.40. The molecule has 6 heteroatoms. The lowest BCUT2D eigenvalue weighted by atomic mass is 10.4. The fraction of sp³-hybridized carbons (Fsp3) is 0.714. The van der Waals surface area contributed by atoms with Crippen molar-refractivity contribution < 1.29 is 4.74 Å². The smallest absolute Gasteiger partial charge is 0.213 e. The van der Waals surface area contributed by atoms with Gasteiger partial charge in [-0.1, -0.05) is 0 Å². The van der Waals surface area contributed by atoms with Gasteiger partial charge in [-0.15, -0.1) is 5.10 Å². The Morgan fingerprint density at radius 2 is 2.31 bits per heavy atom. The summed E-state index contributed by atoms with van der Waals surface area (Å²) < 4.78 is 4.87. The predicted molar refractivity (Wildman–Crippen MR) is 49.5 cm³/mol. The van der Waals surface area contributed by atoms with E-state index >= 15 is 0 Å². The minimum atomic E-state index is 0.229. The van der Waals surface area contributed by atoms with Crippen molar-refractivity contribution in [3.8, 4) is 6.07 Å². The van der Waals surface area contributed by atoms with E-state index in [1.807, 2.05) is 6.07 Å². The summed E-state index contributed by atoms with van der Waals surface area (Å²) in [4.78, 5) is 1.70. The van der Waals surface area contributed by atoms with Crippen LogP contribution < -0.4 is 11.6 Å². The fourth-order valence-electron chi connectivity index (χ4n) is 0.809. The van der Waals surface area contributed by atoms with Crippen LogP contribution in [0.5, 0.6) is 0 Å². The molecule has 13 heavy (non-hydrogen) atoms. The number of hydrogen-bond donors (Lipinski definition) is 2. The molecule has 0 atom stereocenters. The summed E-state index contributed by atoms with van der Waals surface area (Å²) in [5.74, 6) is 5.24. The van der Waals surface area contributed by atoms with Gasteiger partial charge in [-0.2, -0.15) is 5.26 Å². The molecule has 0 heterocycles. The number of methoxy groups -OCH3 is 1. The Bertz CT molecular complexity index is 198. The Balaban J connectivity index is 3.96. The lowest BCUT2D eigenvalue weighted by molar-refractivity contribution is 0.176. The lowest BCUT2D eigenvalue weighted by Gasteiger charge is -2.20. The Hall–Kier alpha value is -1.48. The molecule has 0 rings (SSSR count). The molecule has 0 aromatic rings. The van der Waals surface area contributed by atoms with Gasteiger partial charge in [0.2, 0.25) is 5.96 Å². The van der Waals surface area contributed by atoms with E-state index in [0.717, 1.165) is 0 Å². The van der Waals surface area contributed by atoms with Crippen molar-refractivity contribution in [2.45, 2.75) is 6.42 Å². The summed E-state index contributed by atoms with van der Waals surface area (Å²) in [6.45, 7) is 1.64. The minimum Gasteiger partial charge on any atom is -0.383 e. The Morgan fingerprint density at radius 3 is 2.77 bits per heavy atom. The van der Waals surface area contributed by atoms with Crippen molar-refractivity contribution in [3.63, 3.8) is 0 Å². The first kappa shape index (κ1) is 11.5. The van der Waals surface area contributed by atoms with Gasteiger partial charge in [-0.25, -0.2) is 0 Å². The third-order valence-corrected chi connectivity index (χ3v) is 1.52. The van der Waals surface area contributed by atoms with Crippen LogP contribution in [0.4, 0.5) is 0 Å². The van der Waals surface area contributed by atoms with Gasteiger partial charge in [0.05, 0.1) is 19.1 Å². The summed E-state index contributed by atoms with van der Waals surface area (Å²) in [6.07, 6.45) is 0.389. The molecule has 0 aliphatic rings. The molecule has 0 saturated carbocycles. The van der Waals surface area contributed by atoms with Gasteiger partial charge in [0.25, 0.3) is 0 Å². The molecule has 0 unspecified atom stereocenters. The second-order valence-corrected chi connectivity index (χ2v) is 2.38. The summed E-state index contributed by atoms with van der Waals surface area (Å²) in [7, 11) is 1.60. The molecule has 0 spiro atoms. The van der Waals surface area contributed by atoms with Crippen LogP contribution in [0.1, 0.15) is 6.42 Å². The SMILES string of the molecule is COCCN(CCC#N)C(N)=NN. The van der Waals surface area contributed by atoms with E-state index in [0.29, 0.717) is 26.1 Å². The maximum absolute atomic E-state index is 8.38. The highest BCUT2D eigenvalue weighted by molar-refractivity contribution is 5.77. The molecule has 0 aromatic carbocycles. The van der Waals surface area contributed by atoms with Crippen molar-refractivity contribution in [3.05, 3.63) is 0 Å². The molecular formula is C7H15N5O. The number of guanidine groups is 1. The zero-order valence-corrected chi connectivity index (χ0v) is 7.73. The summed E-state index contributed by atoms with van der Waals surface area (Å²) in [6, 6.07) is 2.02. The Kier molecular flexibility index (Phi) is 6.37. The van der Waals surface area contributed by atoms with E-state index in [1.165, 1.54) is 0 Å². The molecule has 4 N–H and O–H groups in total. The van der Waals surface area contributed by atoms with E-state index in [-0.39, 0.29) is 5.96 Å². The van der Waals surface area contributed by atoms with Crippen LogP contribution in [0.15, 0.2) is 5.10 Å². The molecule has 74 valence electrons. The van der Waals surface area contributed by atoms with Crippen molar-refractivity contribution in [2.75, 3.05) is 26.8 Å². The maximum Gasteiger partial charge on any atom is 0.213 e. The van der Waals surface area contributed by atoms with E-state index in [9.17, 15) is 0 Å². The van der Waals surface area contributed by atoms with Crippen LogP contribution in [0.25, 0.3) is 0 Å². The third kappa shape index (κ3) is 4.87. The van der Waals surface area contributed by atoms with E-state index in [1.54, 1.807) is 12.0 Å². The summed E-state index contributed by atoms with van der Waals surface area (Å²) >= 11 is 0.